The van der Waals surface area contributed by atoms with Crippen molar-refractivity contribution in [2.24, 2.45) is 0 Å². The lowest BCUT2D eigenvalue weighted by atomic mass is 10.1. The van der Waals surface area contributed by atoms with E-state index >= 15 is 0 Å². The van der Waals surface area contributed by atoms with Crippen LogP contribution in [0.15, 0.2) is 42.5 Å². The summed E-state index contributed by atoms with van der Waals surface area (Å²) in [4.78, 5) is 0. The third kappa shape index (κ3) is 3.40. The van der Waals surface area contributed by atoms with Crippen molar-refractivity contribution in [1.82, 2.24) is 9.88 Å². The molecule has 24 heavy (non-hydrogen) atoms. The van der Waals surface area contributed by atoms with E-state index in [2.05, 4.69) is 48.9 Å². The fourth-order valence-corrected chi connectivity index (χ4v) is 3.05. The first-order chi connectivity index (χ1) is 11.4. The Hall–Kier alpha value is -2.04. The van der Waals surface area contributed by atoms with Crippen molar-refractivity contribution < 1.29 is 9.84 Å². The Morgan fingerprint density at radius 1 is 1.08 bits per heavy atom. The van der Waals surface area contributed by atoms with Gasteiger partial charge >= 0.3 is 0 Å². The van der Waals surface area contributed by atoms with Gasteiger partial charge in [0.15, 0.2) is 0 Å². The Bertz CT molecular complexity index is 846. The molecular formula is C20H26N2O2. The number of methoxy groups -OCH3 is 1. The summed E-state index contributed by atoms with van der Waals surface area (Å²) in [5.74, 6) is 0.828. The zero-order chi connectivity index (χ0) is 17.3. The molecule has 0 amide bonds. The van der Waals surface area contributed by atoms with Crippen LogP contribution in [-0.2, 0) is 6.54 Å². The van der Waals surface area contributed by atoms with Gasteiger partial charge in [0, 0.05) is 34.4 Å². The Kier molecular flexibility index (Phi) is 4.52. The predicted octanol–water partition coefficient (Wildman–Crippen LogP) is 3.55. The van der Waals surface area contributed by atoms with Crippen LogP contribution in [0.2, 0.25) is 0 Å². The molecule has 0 aliphatic carbocycles. The average molecular weight is 326 g/mol. The fraction of sp³-hybridized carbons (Fsp3) is 0.400. The minimum atomic E-state index is -0.463. The predicted molar refractivity (Wildman–Crippen MR) is 99.8 cm³/mol. The summed E-state index contributed by atoms with van der Waals surface area (Å²) >= 11 is 0. The number of benzene rings is 2. The van der Waals surface area contributed by atoms with E-state index < -0.39 is 6.10 Å². The van der Waals surface area contributed by atoms with Crippen molar-refractivity contribution in [1.29, 1.82) is 0 Å². The third-order valence-electron chi connectivity index (χ3n) is 4.24. The topological polar surface area (TPSA) is 46.4 Å². The van der Waals surface area contributed by atoms with Crippen molar-refractivity contribution in [3.05, 3.63) is 42.5 Å². The molecule has 0 fully saturated rings. The standard InChI is InChI=1S/C20H26N2O2/c1-20(2,3)21-12-14(23)13-22-18-8-6-5-7-16(18)17-10-9-15(24-4)11-19(17)22/h5-11,14,21,23H,12-13H2,1-4H3. The summed E-state index contributed by atoms with van der Waals surface area (Å²) in [6.45, 7) is 7.41. The average Bonchev–Trinajstić information content (AvgIpc) is 2.86. The number of nitrogens with zero attached hydrogens (tertiary/aromatic N) is 1. The molecular weight excluding hydrogens is 300 g/mol. The Balaban J connectivity index is 2.01. The van der Waals surface area contributed by atoms with Gasteiger partial charge in [-0.15, -0.1) is 0 Å². The van der Waals surface area contributed by atoms with Crippen LogP contribution in [0, 0.1) is 0 Å². The minimum absolute atomic E-state index is 0.00890. The first-order valence-corrected chi connectivity index (χ1v) is 8.37. The summed E-state index contributed by atoms with van der Waals surface area (Å²) in [5, 5.41) is 16.3. The third-order valence-corrected chi connectivity index (χ3v) is 4.24. The maximum atomic E-state index is 10.5. The van der Waals surface area contributed by atoms with Gasteiger partial charge in [-0.1, -0.05) is 18.2 Å². The van der Waals surface area contributed by atoms with Crippen molar-refractivity contribution in [3.8, 4) is 5.75 Å². The number of para-hydroxylation sites is 1. The van der Waals surface area contributed by atoms with Gasteiger partial charge in [0.05, 0.1) is 25.3 Å². The minimum Gasteiger partial charge on any atom is -0.497 e. The lowest BCUT2D eigenvalue weighted by Gasteiger charge is -2.23. The SMILES string of the molecule is COc1ccc2c3ccccc3n(CC(O)CNC(C)(C)C)c2c1. The van der Waals surface area contributed by atoms with Gasteiger partial charge in [0.2, 0.25) is 0 Å². The number of aliphatic hydroxyl groups excluding tert-OH is 1. The smallest absolute Gasteiger partial charge is 0.120 e. The molecule has 3 aromatic rings. The molecule has 0 radical (unpaired) electrons. The monoisotopic (exact) mass is 326 g/mol. The molecule has 1 aromatic heterocycles. The van der Waals surface area contributed by atoms with E-state index in [-0.39, 0.29) is 5.54 Å². The number of nitrogens with one attached hydrogen (secondary N) is 1. The first kappa shape index (κ1) is 16.8. The highest BCUT2D eigenvalue weighted by Gasteiger charge is 2.16. The van der Waals surface area contributed by atoms with Gasteiger partial charge in [-0.25, -0.2) is 0 Å². The largest absolute Gasteiger partial charge is 0.497 e. The van der Waals surface area contributed by atoms with Crippen molar-refractivity contribution >= 4 is 21.8 Å². The Labute approximate surface area is 143 Å². The highest BCUT2D eigenvalue weighted by molar-refractivity contribution is 6.08. The molecule has 128 valence electrons. The van der Waals surface area contributed by atoms with Crippen LogP contribution in [0.1, 0.15) is 20.8 Å². The van der Waals surface area contributed by atoms with E-state index in [9.17, 15) is 5.11 Å². The van der Waals surface area contributed by atoms with Gasteiger partial charge in [0.25, 0.3) is 0 Å². The second-order valence-electron chi connectivity index (χ2n) is 7.30. The van der Waals surface area contributed by atoms with Crippen molar-refractivity contribution in [2.75, 3.05) is 13.7 Å². The maximum Gasteiger partial charge on any atom is 0.120 e. The summed E-state index contributed by atoms with van der Waals surface area (Å²) < 4.78 is 7.57. The molecule has 0 aliphatic heterocycles. The van der Waals surface area contributed by atoms with Crippen LogP contribution in [0.4, 0.5) is 0 Å². The molecule has 2 aromatic carbocycles. The molecule has 0 saturated carbocycles. The lowest BCUT2D eigenvalue weighted by molar-refractivity contribution is 0.144. The van der Waals surface area contributed by atoms with Crippen LogP contribution < -0.4 is 10.1 Å². The number of fused-ring (bicyclic) bond motifs is 3. The molecule has 0 saturated heterocycles. The molecule has 0 bridgehead atoms. The van der Waals surface area contributed by atoms with Crippen LogP contribution in [0.25, 0.3) is 21.8 Å². The molecule has 2 N–H and O–H groups in total. The van der Waals surface area contributed by atoms with E-state index in [1.807, 2.05) is 24.3 Å². The molecule has 3 rings (SSSR count). The van der Waals surface area contributed by atoms with Gasteiger partial charge in [-0.3, -0.25) is 0 Å². The molecule has 1 atom stereocenters. The number of aromatic nitrogens is 1. The number of β-amino-alcohol motifs (C(OH)–C–C–N with tert-alkyl or cyclic N) is 1. The zero-order valence-electron chi connectivity index (χ0n) is 14.8. The first-order valence-electron chi connectivity index (χ1n) is 8.37. The normalized spacial score (nSPS) is 13.5. The second-order valence-corrected chi connectivity index (χ2v) is 7.30. The molecule has 4 nitrogen and oxygen atoms in total. The number of ether oxygens (including phenoxy) is 1. The Morgan fingerprint density at radius 2 is 1.79 bits per heavy atom. The van der Waals surface area contributed by atoms with Gasteiger partial charge in [0.1, 0.15) is 5.75 Å². The molecule has 1 unspecified atom stereocenters. The highest BCUT2D eigenvalue weighted by atomic mass is 16.5. The summed E-state index contributed by atoms with van der Waals surface area (Å²) in [5.41, 5.74) is 2.21. The quantitative estimate of drug-likeness (QED) is 0.754. The second kappa shape index (κ2) is 6.46. The summed E-state index contributed by atoms with van der Waals surface area (Å²) in [7, 11) is 1.68. The number of aliphatic hydroxyl groups is 1. The number of hydrogen-bond acceptors (Lipinski definition) is 3. The maximum absolute atomic E-state index is 10.5. The van der Waals surface area contributed by atoms with Crippen LogP contribution >= 0.6 is 0 Å². The molecule has 0 aliphatic rings. The lowest BCUT2D eigenvalue weighted by Crippen LogP contribution is -2.42. The van der Waals surface area contributed by atoms with Crippen molar-refractivity contribution in [2.45, 2.75) is 39.0 Å². The highest BCUT2D eigenvalue weighted by Crippen LogP contribution is 2.31. The Morgan fingerprint density at radius 3 is 2.50 bits per heavy atom. The van der Waals surface area contributed by atoms with Gasteiger partial charge < -0.3 is 19.7 Å². The molecule has 1 heterocycles. The van der Waals surface area contributed by atoms with Crippen LogP contribution in [0.5, 0.6) is 5.75 Å². The van der Waals surface area contributed by atoms with E-state index in [0.29, 0.717) is 13.1 Å². The molecule has 4 heteroatoms. The van der Waals surface area contributed by atoms with E-state index in [1.54, 1.807) is 7.11 Å². The fourth-order valence-electron chi connectivity index (χ4n) is 3.05. The van der Waals surface area contributed by atoms with Gasteiger partial charge in [-0.2, -0.15) is 0 Å². The van der Waals surface area contributed by atoms with Crippen LogP contribution in [-0.4, -0.2) is 35.0 Å². The molecule has 0 spiro atoms. The zero-order valence-corrected chi connectivity index (χ0v) is 14.8. The van der Waals surface area contributed by atoms with E-state index in [0.717, 1.165) is 16.8 Å². The number of hydrogen-bond donors (Lipinski definition) is 2. The van der Waals surface area contributed by atoms with E-state index in [1.165, 1.54) is 10.8 Å². The number of rotatable bonds is 5. The summed E-state index contributed by atoms with van der Waals surface area (Å²) in [6.07, 6.45) is -0.463. The van der Waals surface area contributed by atoms with Crippen LogP contribution in [0.3, 0.4) is 0 Å². The van der Waals surface area contributed by atoms with E-state index in [4.69, 9.17) is 4.74 Å². The van der Waals surface area contributed by atoms with Crippen molar-refractivity contribution in [3.63, 3.8) is 0 Å². The van der Waals surface area contributed by atoms with Gasteiger partial charge in [-0.05, 0) is 39.0 Å². The summed E-state index contributed by atoms with van der Waals surface area (Å²) in [6, 6.07) is 14.4.